The van der Waals surface area contributed by atoms with Gasteiger partial charge in [-0.1, -0.05) is 23.2 Å². The van der Waals surface area contributed by atoms with Crippen LogP contribution >= 0.6 is 34.8 Å². The maximum Gasteiger partial charge on any atom is 0.274 e. The Morgan fingerprint density at radius 3 is 2.64 bits per heavy atom. The van der Waals surface area contributed by atoms with Crippen LogP contribution in [0, 0.1) is 6.92 Å². The van der Waals surface area contributed by atoms with Crippen LogP contribution in [0.4, 0.5) is 5.69 Å². The van der Waals surface area contributed by atoms with Gasteiger partial charge in [-0.2, -0.15) is 5.10 Å². The third kappa shape index (κ3) is 3.96. The predicted octanol–water partition coefficient (Wildman–Crippen LogP) is 3.97. The molecule has 0 aliphatic carbocycles. The van der Waals surface area contributed by atoms with Crippen LogP contribution in [0.5, 0.6) is 0 Å². The van der Waals surface area contributed by atoms with Crippen molar-refractivity contribution in [3.63, 3.8) is 0 Å². The predicted molar refractivity (Wildman–Crippen MR) is 109 cm³/mol. The van der Waals surface area contributed by atoms with E-state index in [-0.39, 0.29) is 28.6 Å². The molecule has 0 spiro atoms. The smallest absolute Gasteiger partial charge is 0.274 e. The Balaban J connectivity index is 2.07. The number of nitrogens with two attached hydrogens (primary N) is 1. The lowest BCUT2D eigenvalue weighted by molar-refractivity contribution is 0.100. The van der Waals surface area contributed by atoms with E-state index in [4.69, 9.17) is 40.5 Å². The number of hydrogen-bond acceptors (Lipinski definition) is 4. The second-order valence-electron chi connectivity index (χ2n) is 5.84. The van der Waals surface area contributed by atoms with E-state index in [1.165, 1.54) is 23.0 Å². The van der Waals surface area contributed by atoms with E-state index in [1.807, 2.05) is 0 Å². The lowest BCUT2D eigenvalue weighted by Gasteiger charge is -2.13. The van der Waals surface area contributed by atoms with Crippen LogP contribution in [0.3, 0.4) is 0 Å². The molecule has 0 fully saturated rings. The van der Waals surface area contributed by atoms with Crippen molar-refractivity contribution in [2.24, 2.45) is 5.73 Å². The molecule has 0 atom stereocenters. The maximum atomic E-state index is 13.0. The molecule has 2 aromatic heterocycles. The first kappa shape index (κ1) is 20.1. The monoisotopic (exact) mass is 437 g/mol. The fraction of sp³-hybridized carbons (Fsp3) is 0.111. The fourth-order valence-electron chi connectivity index (χ4n) is 2.63. The van der Waals surface area contributed by atoms with Crippen molar-refractivity contribution in [2.45, 2.75) is 12.8 Å². The molecule has 28 heavy (non-hydrogen) atoms. The number of nitrogens with zero attached hydrogens (tertiary/aromatic N) is 3. The Morgan fingerprint density at radius 1 is 1.25 bits per heavy atom. The Labute approximate surface area is 175 Å². The molecular formula is C18H14Cl3N5O2. The molecule has 2 amide bonds. The number of amides is 2. The standard InChI is InChI=1S/C18H14Cl3N5O2/c1-9-5-10(20)6-12(16(22)27)15(9)24-18(28)14-7-11(8-19)25-26(14)17-13(21)3-2-4-23-17/h2-7H,8H2,1H3,(H2,22,27)(H,24,28). The summed E-state index contributed by atoms with van der Waals surface area (Å²) in [6.07, 6.45) is 1.53. The van der Waals surface area contributed by atoms with Crippen LogP contribution in [0.15, 0.2) is 36.5 Å². The average Bonchev–Trinajstić information content (AvgIpc) is 3.08. The summed E-state index contributed by atoms with van der Waals surface area (Å²) in [7, 11) is 0. The molecule has 7 nitrogen and oxygen atoms in total. The molecule has 0 saturated carbocycles. The van der Waals surface area contributed by atoms with Crippen LogP contribution in [-0.2, 0) is 5.88 Å². The largest absolute Gasteiger partial charge is 0.366 e. The number of pyridine rings is 1. The van der Waals surface area contributed by atoms with E-state index in [1.54, 1.807) is 25.1 Å². The zero-order valence-corrected chi connectivity index (χ0v) is 16.8. The highest BCUT2D eigenvalue weighted by Crippen LogP contribution is 2.27. The minimum Gasteiger partial charge on any atom is -0.366 e. The summed E-state index contributed by atoms with van der Waals surface area (Å²) in [5.41, 5.74) is 6.95. The van der Waals surface area contributed by atoms with Gasteiger partial charge in [0.1, 0.15) is 5.69 Å². The van der Waals surface area contributed by atoms with Crippen molar-refractivity contribution in [1.29, 1.82) is 0 Å². The average molecular weight is 439 g/mol. The number of rotatable bonds is 5. The molecule has 1 aromatic carbocycles. The molecule has 3 rings (SSSR count). The second-order valence-corrected chi connectivity index (χ2v) is 6.95. The molecule has 0 unspecified atom stereocenters. The number of anilines is 1. The van der Waals surface area contributed by atoms with Crippen molar-refractivity contribution in [2.75, 3.05) is 5.32 Å². The number of aryl methyl sites for hydroxylation is 1. The Kier molecular flexibility index (Phi) is 5.88. The maximum absolute atomic E-state index is 13.0. The molecular weight excluding hydrogens is 425 g/mol. The SMILES string of the molecule is Cc1cc(Cl)cc(C(N)=O)c1NC(=O)c1cc(CCl)nn1-c1ncccc1Cl. The van der Waals surface area contributed by atoms with E-state index in [0.717, 1.165) is 0 Å². The van der Waals surface area contributed by atoms with E-state index >= 15 is 0 Å². The number of aromatic nitrogens is 3. The van der Waals surface area contributed by atoms with Crippen LogP contribution in [0.25, 0.3) is 5.82 Å². The molecule has 0 saturated heterocycles. The first-order valence-electron chi connectivity index (χ1n) is 7.99. The zero-order chi connectivity index (χ0) is 20.4. The third-order valence-corrected chi connectivity index (χ3v) is 4.66. The number of carbonyl (C=O) groups is 2. The topological polar surface area (TPSA) is 103 Å². The molecule has 0 bridgehead atoms. The number of carbonyl (C=O) groups excluding carboxylic acids is 2. The van der Waals surface area contributed by atoms with Crippen LogP contribution in [0.2, 0.25) is 10.0 Å². The fourth-order valence-corrected chi connectivity index (χ4v) is 3.24. The summed E-state index contributed by atoms with van der Waals surface area (Å²) in [6, 6.07) is 7.81. The zero-order valence-electron chi connectivity index (χ0n) is 14.5. The summed E-state index contributed by atoms with van der Waals surface area (Å²) in [5, 5.41) is 7.62. The van der Waals surface area contributed by atoms with Gasteiger partial charge in [0.25, 0.3) is 11.8 Å². The van der Waals surface area contributed by atoms with E-state index in [0.29, 0.717) is 21.3 Å². The quantitative estimate of drug-likeness (QED) is 0.588. The van der Waals surface area contributed by atoms with Gasteiger partial charge in [0, 0.05) is 11.2 Å². The van der Waals surface area contributed by atoms with Gasteiger partial charge in [0.15, 0.2) is 5.82 Å². The Morgan fingerprint density at radius 2 is 2.00 bits per heavy atom. The lowest BCUT2D eigenvalue weighted by atomic mass is 10.1. The van der Waals surface area contributed by atoms with E-state index in [9.17, 15) is 9.59 Å². The van der Waals surface area contributed by atoms with E-state index < -0.39 is 11.8 Å². The summed E-state index contributed by atoms with van der Waals surface area (Å²) in [6.45, 7) is 1.70. The third-order valence-electron chi connectivity index (χ3n) is 3.87. The number of alkyl halides is 1. The molecule has 2 heterocycles. The molecule has 0 aliphatic rings. The number of hydrogen-bond donors (Lipinski definition) is 2. The van der Waals surface area contributed by atoms with Crippen LogP contribution < -0.4 is 11.1 Å². The van der Waals surface area contributed by atoms with E-state index in [2.05, 4.69) is 15.4 Å². The Bertz CT molecular complexity index is 1080. The van der Waals surface area contributed by atoms with Gasteiger partial charge in [-0.05, 0) is 42.8 Å². The summed E-state index contributed by atoms with van der Waals surface area (Å²) in [4.78, 5) is 28.9. The van der Waals surface area contributed by atoms with Crippen LogP contribution in [-0.4, -0.2) is 26.6 Å². The number of nitrogens with one attached hydrogen (secondary N) is 1. The van der Waals surface area contributed by atoms with Gasteiger partial charge < -0.3 is 11.1 Å². The van der Waals surface area contributed by atoms with Gasteiger partial charge in [-0.15, -0.1) is 11.6 Å². The normalized spacial score (nSPS) is 10.7. The second kappa shape index (κ2) is 8.18. The first-order chi connectivity index (χ1) is 13.3. The van der Waals surface area contributed by atoms with Gasteiger partial charge >= 0.3 is 0 Å². The van der Waals surface area contributed by atoms with Gasteiger partial charge in [0.2, 0.25) is 0 Å². The number of benzene rings is 1. The number of primary amides is 1. The van der Waals surface area contributed by atoms with Crippen molar-refractivity contribution in [1.82, 2.24) is 14.8 Å². The molecule has 3 aromatic rings. The highest BCUT2D eigenvalue weighted by molar-refractivity contribution is 6.32. The minimum atomic E-state index is -0.719. The highest BCUT2D eigenvalue weighted by atomic mass is 35.5. The molecule has 0 radical (unpaired) electrons. The summed E-state index contributed by atoms with van der Waals surface area (Å²) >= 11 is 18.1. The van der Waals surface area contributed by atoms with Crippen LogP contribution in [0.1, 0.15) is 32.1 Å². The Hall–Kier alpha value is -2.61. The lowest BCUT2D eigenvalue weighted by Crippen LogP contribution is -2.21. The molecule has 10 heteroatoms. The molecule has 0 aliphatic heterocycles. The summed E-state index contributed by atoms with van der Waals surface area (Å²) in [5.74, 6) is -0.902. The molecule has 144 valence electrons. The number of halogens is 3. The molecule has 3 N–H and O–H groups in total. The van der Waals surface area contributed by atoms with Gasteiger partial charge in [-0.25, -0.2) is 9.67 Å². The van der Waals surface area contributed by atoms with Crippen molar-refractivity contribution in [3.8, 4) is 5.82 Å². The summed E-state index contributed by atoms with van der Waals surface area (Å²) < 4.78 is 1.30. The van der Waals surface area contributed by atoms with Gasteiger partial charge in [-0.3, -0.25) is 9.59 Å². The first-order valence-corrected chi connectivity index (χ1v) is 9.28. The van der Waals surface area contributed by atoms with Gasteiger partial charge in [0.05, 0.1) is 27.8 Å². The van der Waals surface area contributed by atoms with Crippen molar-refractivity contribution < 1.29 is 9.59 Å². The highest BCUT2D eigenvalue weighted by Gasteiger charge is 2.22. The minimum absolute atomic E-state index is 0.0875. The van der Waals surface area contributed by atoms with Crippen molar-refractivity contribution in [3.05, 3.63) is 69.1 Å². The van der Waals surface area contributed by atoms with Crippen molar-refractivity contribution >= 4 is 52.3 Å².